The summed E-state index contributed by atoms with van der Waals surface area (Å²) in [4.78, 5) is 54.5. The van der Waals surface area contributed by atoms with Crippen molar-refractivity contribution in [3.63, 3.8) is 0 Å². The molecule has 9 heteroatoms. The van der Waals surface area contributed by atoms with Gasteiger partial charge in [0.05, 0.1) is 6.42 Å². The number of carbonyl (C=O) groups excluding carboxylic acids is 3. The third-order valence-electron chi connectivity index (χ3n) is 10.2. The summed E-state index contributed by atoms with van der Waals surface area (Å²) in [7, 11) is 0. The predicted octanol–water partition coefficient (Wildman–Crippen LogP) is 7.20. The van der Waals surface area contributed by atoms with Gasteiger partial charge in [-0.1, -0.05) is 170 Å². The van der Waals surface area contributed by atoms with Crippen molar-refractivity contribution in [2.75, 3.05) is 6.61 Å². The van der Waals surface area contributed by atoms with Crippen LogP contribution in [0.15, 0.2) is 170 Å². The van der Waals surface area contributed by atoms with Crippen LogP contribution in [0.1, 0.15) is 45.7 Å². The lowest BCUT2D eigenvalue weighted by molar-refractivity contribution is -0.142. The zero-order chi connectivity index (χ0) is 38.9. The number of nitrogens with one attached hydrogen (secondary N) is 3. The minimum absolute atomic E-state index is 0.00902. The summed E-state index contributed by atoms with van der Waals surface area (Å²) in [5.41, 5.74) is 5.95. The molecule has 2 atom stereocenters. The van der Waals surface area contributed by atoms with Gasteiger partial charge in [-0.15, -0.1) is 0 Å². The van der Waals surface area contributed by atoms with Gasteiger partial charge in [-0.2, -0.15) is 0 Å². The molecule has 6 aromatic rings. The van der Waals surface area contributed by atoms with Crippen LogP contribution in [0.5, 0.6) is 0 Å². The van der Waals surface area contributed by atoms with Crippen LogP contribution >= 0.6 is 0 Å². The fraction of sp³-hybridized carbons (Fsp3) is 0.149. The molecule has 280 valence electrons. The van der Waals surface area contributed by atoms with E-state index in [0.29, 0.717) is 5.56 Å². The Hall–Kier alpha value is -7.00. The first-order chi connectivity index (χ1) is 27.3. The fourth-order valence-electron chi connectivity index (χ4n) is 7.54. The molecule has 56 heavy (non-hydrogen) atoms. The number of carboxylic acids is 1. The Morgan fingerprint density at radius 2 is 1.02 bits per heavy atom. The van der Waals surface area contributed by atoms with Gasteiger partial charge in [0.2, 0.25) is 11.8 Å². The summed E-state index contributed by atoms with van der Waals surface area (Å²) in [6.07, 6.45) is -1.46. The lowest BCUT2D eigenvalue weighted by Gasteiger charge is -2.37. The molecule has 0 saturated heterocycles. The van der Waals surface area contributed by atoms with Crippen molar-refractivity contribution in [2.24, 2.45) is 0 Å². The SMILES string of the molecule is O=C(C[C@H](NC(=O)OCC1c2ccccc2-c2ccccc21)C(=O)N[C@@H](Cc1ccccc1)C(=O)O)NC(c1ccccc1)(c1ccccc1)c1ccccc1. The first kappa shape index (κ1) is 37.3. The van der Waals surface area contributed by atoms with Crippen molar-refractivity contribution < 1.29 is 29.0 Å². The van der Waals surface area contributed by atoms with E-state index in [9.17, 15) is 24.3 Å². The molecule has 0 spiro atoms. The molecule has 0 bridgehead atoms. The number of hydrogen-bond acceptors (Lipinski definition) is 5. The maximum absolute atomic E-state index is 14.4. The Bertz CT molecular complexity index is 2160. The van der Waals surface area contributed by atoms with Crippen molar-refractivity contribution in [1.29, 1.82) is 0 Å². The standard InChI is InChI=1S/C47H41N3O6/c51-43(50-47(33-19-7-2-8-20-33,34-21-9-3-10-22-34)35-23-11-4-12-24-35)30-41(44(52)48-42(45(53)54)29-32-17-5-1-6-18-32)49-46(55)56-31-40-38-27-15-13-25-36(38)37-26-14-16-28-39(37)40/h1-28,40-42H,29-31H2,(H,48,52)(H,49,55)(H,50,51)(H,53,54)/t41-,42-/m0/s1. The summed E-state index contributed by atoms with van der Waals surface area (Å²) in [5.74, 6) is -2.92. The van der Waals surface area contributed by atoms with E-state index in [2.05, 4.69) is 16.0 Å². The molecule has 0 aliphatic heterocycles. The van der Waals surface area contributed by atoms with E-state index in [1.807, 2.05) is 146 Å². The molecule has 7 rings (SSSR count). The molecule has 1 aliphatic rings. The smallest absolute Gasteiger partial charge is 0.407 e. The quantitative estimate of drug-likeness (QED) is 0.0873. The lowest BCUT2D eigenvalue weighted by Crippen LogP contribution is -2.55. The van der Waals surface area contributed by atoms with E-state index in [0.717, 1.165) is 38.9 Å². The molecule has 0 fully saturated rings. The van der Waals surface area contributed by atoms with Gasteiger partial charge in [0.1, 0.15) is 24.2 Å². The third kappa shape index (κ3) is 8.07. The molecule has 1 aliphatic carbocycles. The molecule has 4 N–H and O–H groups in total. The number of benzene rings is 6. The van der Waals surface area contributed by atoms with Gasteiger partial charge in [-0.3, -0.25) is 9.59 Å². The summed E-state index contributed by atoms with van der Waals surface area (Å²) in [5, 5.41) is 18.5. The van der Waals surface area contributed by atoms with Gasteiger partial charge >= 0.3 is 12.1 Å². The Morgan fingerprint density at radius 3 is 1.50 bits per heavy atom. The molecular formula is C47H41N3O6. The molecule has 9 nitrogen and oxygen atoms in total. The normalized spacial score (nSPS) is 13.0. The summed E-state index contributed by atoms with van der Waals surface area (Å²) in [6, 6.07) is 50.4. The topological polar surface area (TPSA) is 134 Å². The second-order valence-electron chi connectivity index (χ2n) is 13.7. The van der Waals surface area contributed by atoms with Crippen LogP contribution in [0.25, 0.3) is 11.1 Å². The Kier molecular flexibility index (Phi) is 11.3. The van der Waals surface area contributed by atoms with Crippen LogP contribution in [-0.4, -0.2) is 47.7 Å². The van der Waals surface area contributed by atoms with E-state index >= 15 is 0 Å². The van der Waals surface area contributed by atoms with Crippen molar-refractivity contribution >= 4 is 23.9 Å². The van der Waals surface area contributed by atoms with Crippen molar-refractivity contribution in [1.82, 2.24) is 16.0 Å². The lowest BCUT2D eigenvalue weighted by atomic mass is 9.77. The fourth-order valence-corrected chi connectivity index (χ4v) is 7.54. The van der Waals surface area contributed by atoms with E-state index in [1.54, 1.807) is 24.3 Å². The number of hydrogen-bond donors (Lipinski definition) is 4. The maximum atomic E-state index is 14.4. The van der Waals surface area contributed by atoms with Gasteiger partial charge in [0.25, 0.3) is 0 Å². The highest BCUT2D eigenvalue weighted by Crippen LogP contribution is 2.44. The number of ether oxygens (including phenoxy) is 1. The molecule has 0 saturated carbocycles. The molecular weight excluding hydrogens is 703 g/mol. The molecule has 0 radical (unpaired) electrons. The van der Waals surface area contributed by atoms with Gasteiger partial charge in [0.15, 0.2) is 0 Å². The number of rotatable bonds is 14. The van der Waals surface area contributed by atoms with Crippen LogP contribution in [0.3, 0.4) is 0 Å². The Balaban J connectivity index is 1.17. The zero-order valence-corrected chi connectivity index (χ0v) is 30.5. The van der Waals surface area contributed by atoms with Crippen LogP contribution in [0, 0.1) is 0 Å². The van der Waals surface area contributed by atoms with E-state index in [4.69, 9.17) is 4.74 Å². The first-order valence-electron chi connectivity index (χ1n) is 18.5. The minimum Gasteiger partial charge on any atom is -0.480 e. The number of fused-ring (bicyclic) bond motifs is 3. The Morgan fingerprint density at radius 1 is 0.571 bits per heavy atom. The zero-order valence-electron chi connectivity index (χ0n) is 30.5. The van der Waals surface area contributed by atoms with Crippen LogP contribution in [-0.2, 0) is 31.1 Å². The molecule has 0 unspecified atom stereocenters. The summed E-state index contributed by atoms with van der Waals surface area (Å²) >= 11 is 0. The van der Waals surface area contributed by atoms with Crippen LogP contribution in [0.4, 0.5) is 4.79 Å². The van der Waals surface area contributed by atoms with Crippen LogP contribution < -0.4 is 16.0 Å². The summed E-state index contributed by atoms with van der Waals surface area (Å²) in [6.45, 7) is -0.0225. The van der Waals surface area contributed by atoms with Gasteiger partial charge in [-0.05, 0) is 44.5 Å². The van der Waals surface area contributed by atoms with Gasteiger partial charge < -0.3 is 25.8 Å². The van der Waals surface area contributed by atoms with Crippen molar-refractivity contribution in [3.05, 3.63) is 203 Å². The monoisotopic (exact) mass is 743 g/mol. The maximum Gasteiger partial charge on any atom is 0.407 e. The van der Waals surface area contributed by atoms with Crippen LogP contribution in [0.2, 0.25) is 0 Å². The van der Waals surface area contributed by atoms with E-state index in [1.165, 1.54) is 0 Å². The molecule has 3 amide bonds. The highest BCUT2D eigenvalue weighted by atomic mass is 16.5. The first-order valence-corrected chi connectivity index (χ1v) is 18.5. The summed E-state index contributed by atoms with van der Waals surface area (Å²) < 4.78 is 5.78. The number of carbonyl (C=O) groups is 4. The Labute approximate surface area is 325 Å². The predicted molar refractivity (Wildman–Crippen MR) is 214 cm³/mol. The largest absolute Gasteiger partial charge is 0.480 e. The van der Waals surface area contributed by atoms with Crippen molar-refractivity contribution in [2.45, 2.75) is 36.4 Å². The highest BCUT2D eigenvalue weighted by molar-refractivity contribution is 5.93. The number of amides is 3. The molecule has 0 aromatic heterocycles. The van der Waals surface area contributed by atoms with Gasteiger partial charge in [-0.25, -0.2) is 9.59 Å². The number of carboxylic acid groups (broad SMARTS) is 1. The number of alkyl carbamates (subject to hydrolysis) is 1. The molecule has 0 heterocycles. The average Bonchev–Trinajstić information content (AvgIpc) is 3.56. The highest BCUT2D eigenvalue weighted by Gasteiger charge is 2.39. The minimum atomic E-state index is -1.50. The molecule has 6 aromatic carbocycles. The second kappa shape index (κ2) is 17.0. The van der Waals surface area contributed by atoms with Gasteiger partial charge in [0, 0.05) is 12.3 Å². The van der Waals surface area contributed by atoms with E-state index < -0.39 is 47.9 Å². The third-order valence-corrected chi connectivity index (χ3v) is 10.2. The second-order valence-corrected chi connectivity index (χ2v) is 13.7. The average molecular weight is 744 g/mol. The number of aliphatic carboxylic acids is 1. The van der Waals surface area contributed by atoms with E-state index in [-0.39, 0.29) is 18.9 Å². The van der Waals surface area contributed by atoms with Crippen molar-refractivity contribution in [3.8, 4) is 11.1 Å².